The molecule has 0 atom stereocenters. The Bertz CT molecular complexity index is 787. The summed E-state index contributed by atoms with van der Waals surface area (Å²) in [6, 6.07) is 12.1. The summed E-state index contributed by atoms with van der Waals surface area (Å²) in [5.74, 6) is -0.232. The summed E-state index contributed by atoms with van der Waals surface area (Å²) in [5.41, 5.74) is 3.00. The van der Waals surface area contributed by atoms with Crippen molar-refractivity contribution < 1.29 is 14.0 Å². The summed E-state index contributed by atoms with van der Waals surface area (Å²) in [4.78, 5) is 25.7. The van der Waals surface area contributed by atoms with Gasteiger partial charge in [0.25, 0.3) is 5.91 Å². The molecule has 0 saturated carbocycles. The van der Waals surface area contributed by atoms with Gasteiger partial charge in [-0.3, -0.25) is 9.59 Å². The normalized spacial score (nSPS) is 14.0. The number of rotatable bonds is 5. The fourth-order valence-corrected chi connectivity index (χ4v) is 2.95. The van der Waals surface area contributed by atoms with Crippen LogP contribution < -0.4 is 5.32 Å². The van der Waals surface area contributed by atoms with Crippen LogP contribution in [0.15, 0.2) is 42.5 Å². The number of aryl methyl sites for hydroxylation is 1. The first-order chi connectivity index (χ1) is 12.0. The van der Waals surface area contributed by atoms with Gasteiger partial charge in [0, 0.05) is 31.6 Å². The molecule has 1 heterocycles. The minimum absolute atomic E-state index is 0.175. The van der Waals surface area contributed by atoms with Crippen LogP contribution >= 0.6 is 0 Å². The zero-order valence-electron chi connectivity index (χ0n) is 14.2. The lowest BCUT2D eigenvalue weighted by molar-refractivity contribution is -0.128. The first-order valence-electron chi connectivity index (χ1n) is 8.43. The minimum Gasteiger partial charge on any atom is -0.348 e. The first kappa shape index (κ1) is 17.1. The van der Waals surface area contributed by atoms with Gasteiger partial charge >= 0.3 is 0 Å². The highest BCUT2D eigenvalue weighted by molar-refractivity contribution is 5.94. The number of hydrogen-bond acceptors (Lipinski definition) is 2. The van der Waals surface area contributed by atoms with Gasteiger partial charge in [0.2, 0.25) is 5.91 Å². The molecule has 2 aromatic rings. The van der Waals surface area contributed by atoms with Gasteiger partial charge in [-0.1, -0.05) is 24.3 Å². The molecule has 1 aliphatic rings. The summed E-state index contributed by atoms with van der Waals surface area (Å²) < 4.78 is 13.3. The van der Waals surface area contributed by atoms with Gasteiger partial charge < -0.3 is 10.2 Å². The molecule has 1 N–H and O–H groups in total. The third-order valence-corrected chi connectivity index (χ3v) is 4.44. The largest absolute Gasteiger partial charge is 0.348 e. The van der Waals surface area contributed by atoms with Gasteiger partial charge in [-0.15, -0.1) is 0 Å². The lowest BCUT2D eigenvalue weighted by Crippen LogP contribution is -2.24. The number of nitrogens with one attached hydrogen (secondary N) is 1. The fraction of sp³-hybridized carbons (Fsp3) is 0.300. The third-order valence-electron chi connectivity index (χ3n) is 4.44. The van der Waals surface area contributed by atoms with Crippen LogP contribution in [0, 0.1) is 12.7 Å². The Kier molecular flexibility index (Phi) is 5.12. The summed E-state index contributed by atoms with van der Waals surface area (Å²) in [7, 11) is 0. The summed E-state index contributed by atoms with van der Waals surface area (Å²) in [6.07, 6.45) is 1.55. The number of benzene rings is 2. The number of hydrogen-bond donors (Lipinski definition) is 1. The van der Waals surface area contributed by atoms with Crippen molar-refractivity contribution >= 4 is 11.8 Å². The van der Waals surface area contributed by atoms with Crippen LogP contribution in [0.1, 0.15) is 39.9 Å². The molecular formula is C20H21FN2O2. The molecular weight excluding hydrogens is 319 g/mol. The molecule has 2 aromatic carbocycles. The zero-order valence-corrected chi connectivity index (χ0v) is 14.2. The minimum atomic E-state index is -0.248. The molecule has 0 bridgehead atoms. The number of carbonyl (C=O) groups excluding carboxylic acids is 2. The van der Waals surface area contributed by atoms with Crippen molar-refractivity contribution in [3.63, 3.8) is 0 Å². The molecule has 0 spiro atoms. The molecule has 4 nitrogen and oxygen atoms in total. The van der Waals surface area contributed by atoms with Crippen LogP contribution in [0.25, 0.3) is 0 Å². The molecule has 2 amide bonds. The number of likely N-dealkylation sites (tertiary alicyclic amines) is 1. The Morgan fingerprint density at radius 2 is 1.88 bits per heavy atom. The topological polar surface area (TPSA) is 49.4 Å². The molecule has 1 aliphatic heterocycles. The molecule has 0 aliphatic carbocycles. The standard InChI is InChI=1S/C20H21FN2O2/c1-14-11-16(6-9-18(14)21)12-22-20(25)17-7-4-15(5-8-17)13-23-10-2-3-19(23)24/h4-9,11H,2-3,10,12-13H2,1H3,(H,22,25). The summed E-state index contributed by atoms with van der Waals surface area (Å²) in [6.45, 7) is 3.45. The molecule has 130 valence electrons. The molecule has 0 aromatic heterocycles. The highest BCUT2D eigenvalue weighted by Crippen LogP contribution is 2.15. The maximum atomic E-state index is 13.3. The predicted octanol–water partition coefficient (Wildman–Crippen LogP) is 3.19. The van der Waals surface area contributed by atoms with Gasteiger partial charge in [-0.2, -0.15) is 0 Å². The lowest BCUT2D eigenvalue weighted by atomic mass is 10.1. The Balaban J connectivity index is 1.56. The van der Waals surface area contributed by atoms with E-state index in [1.54, 1.807) is 31.2 Å². The number of carbonyl (C=O) groups is 2. The van der Waals surface area contributed by atoms with E-state index in [-0.39, 0.29) is 17.6 Å². The van der Waals surface area contributed by atoms with Crippen LogP contribution in [-0.4, -0.2) is 23.3 Å². The average Bonchev–Trinajstić information content (AvgIpc) is 3.01. The van der Waals surface area contributed by atoms with Crippen molar-refractivity contribution in [2.75, 3.05) is 6.54 Å². The molecule has 1 saturated heterocycles. The van der Waals surface area contributed by atoms with E-state index in [0.717, 1.165) is 24.1 Å². The lowest BCUT2D eigenvalue weighted by Gasteiger charge is -2.15. The van der Waals surface area contributed by atoms with Crippen LogP contribution in [0.4, 0.5) is 4.39 Å². The number of halogens is 1. The highest BCUT2D eigenvalue weighted by atomic mass is 19.1. The Hall–Kier alpha value is -2.69. The van der Waals surface area contributed by atoms with Crippen molar-refractivity contribution in [3.05, 3.63) is 70.5 Å². The predicted molar refractivity (Wildman–Crippen MR) is 93.4 cm³/mol. The number of amides is 2. The van der Waals surface area contributed by atoms with E-state index < -0.39 is 0 Å². The molecule has 3 rings (SSSR count). The average molecular weight is 340 g/mol. The number of nitrogens with zero attached hydrogens (tertiary/aromatic N) is 1. The van der Waals surface area contributed by atoms with E-state index in [2.05, 4.69) is 5.32 Å². The van der Waals surface area contributed by atoms with Gasteiger partial charge in [0.1, 0.15) is 5.82 Å². The van der Waals surface area contributed by atoms with E-state index in [1.165, 1.54) is 6.07 Å². The Morgan fingerprint density at radius 3 is 2.52 bits per heavy atom. The monoisotopic (exact) mass is 340 g/mol. The second kappa shape index (κ2) is 7.47. The van der Waals surface area contributed by atoms with Gasteiger partial charge in [0.15, 0.2) is 0 Å². The second-order valence-corrected chi connectivity index (χ2v) is 6.38. The SMILES string of the molecule is Cc1cc(CNC(=O)c2ccc(CN3CCCC3=O)cc2)ccc1F. The molecule has 0 unspecified atom stereocenters. The van der Waals surface area contributed by atoms with Gasteiger partial charge in [-0.05, 0) is 48.2 Å². The van der Waals surface area contributed by atoms with Crippen molar-refractivity contribution in [2.24, 2.45) is 0 Å². The smallest absolute Gasteiger partial charge is 0.251 e. The molecule has 0 radical (unpaired) electrons. The van der Waals surface area contributed by atoms with E-state index in [1.807, 2.05) is 17.0 Å². The van der Waals surface area contributed by atoms with Crippen LogP contribution in [0.3, 0.4) is 0 Å². The van der Waals surface area contributed by atoms with Crippen LogP contribution in [0.2, 0.25) is 0 Å². The summed E-state index contributed by atoms with van der Waals surface area (Å²) in [5, 5.41) is 2.84. The quantitative estimate of drug-likeness (QED) is 0.909. The van der Waals surface area contributed by atoms with Gasteiger partial charge in [-0.25, -0.2) is 4.39 Å². The Labute approximate surface area is 146 Å². The van der Waals surface area contributed by atoms with E-state index >= 15 is 0 Å². The third kappa shape index (κ3) is 4.24. The van der Waals surface area contributed by atoms with E-state index in [4.69, 9.17) is 0 Å². The second-order valence-electron chi connectivity index (χ2n) is 6.38. The molecule has 25 heavy (non-hydrogen) atoms. The zero-order chi connectivity index (χ0) is 17.8. The Morgan fingerprint density at radius 1 is 1.16 bits per heavy atom. The fourth-order valence-electron chi connectivity index (χ4n) is 2.95. The van der Waals surface area contributed by atoms with Crippen LogP contribution in [-0.2, 0) is 17.9 Å². The van der Waals surface area contributed by atoms with Crippen molar-refractivity contribution in [1.29, 1.82) is 0 Å². The van der Waals surface area contributed by atoms with E-state index in [9.17, 15) is 14.0 Å². The first-order valence-corrected chi connectivity index (χ1v) is 8.43. The van der Waals surface area contributed by atoms with Crippen molar-refractivity contribution in [2.45, 2.75) is 32.9 Å². The molecule has 1 fully saturated rings. The van der Waals surface area contributed by atoms with Crippen LogP contribution in [0.5, 0.6) is 0 Å². The van der Waals surface area contributed by atoms with Crippen molar-refractivity contribution in [3.8, 4) is 0 Å². The van der Waals surface area contributed by atoms with Crippen molar-refractivity contribution in [1.82, 2.24) is 10.2 Å². The maximum Gasteiger partial charge on any atom is 0.251 e. The summed E-state index contributed by atoms with van der Waals surface area (Å²) >= 11 is 0. The maximum absolute atomic E-state index is 13.3. The highest BCUT2D eigenvalue weighted by Gasteiger charge is 2.19. The van der Waals surface area contributed by atoms with Gasteiger partial charge in [0.05, 0.1) is 0 Å². The van der Waals surface area contributed by atoms with E-state index in [0.29, 0.717) is 30.6 Å². The molecule has 5 heteroatoms.